The number of para-hydroxylation sites is 6. The molecule has 0 aliphatic carbocycles. The molecule has 0 fully saturated rings. The summed E-state index contributed by atoms with van der Waals surface area (Å²) in [6, 6.07) is 169. The molecule has 0 atom stereocenters. The van der Waals surface area contributed by atoms with Gasteiger partial charge in [-0.2, -0.15) is 0 Å². The Morgan fingerprint density at radius 3 is 0.545 bits per heavy atom. The minimum Gasteiger partial charge on any atom is -0.310 e. The highest BCUT2D eigenvalue weighted by molar-refractivity contribution is 6.28. The van der Waals surface area contributed by atoms with Crippen molar-refractivity contribution in [3.63, 3.8) is 0 Å². The highest BCUT2D eigenvalue weighted by Gasteiger charge is 2.26. The zero-order valence-electron chi connectivity index (χ0n) is 73.0. The van der Waals surface area contributed by atoms with Gasteiger partial charge in [-0.15, -0.1) is 0 Å². The van der Waals surface area contributed by atoms with Crippen LogP contribution in [0.3, 0.4) is 0 Å². The van der Waals surface area contributed by atoms with E-state index >= 15 is 0 Å². The Bertz CT molecular complexity index is 7520. The molecule has 4 heterocycles. The van der Waals surface area contributed by atoms with Gasteiger partial charge in [0, 0.05) is 104 Å². The largest absolute Gasteiger partial charge is 0.310 e. The quantitative estimate of drug-likeness (QED) is 0.0776. The van der Waals surface area contributed by atoms with Crippen LogP contribution in [-0.2, 0) is 0 Å². The molecule has 0 aliphatic rings. The zero-order valence-corrected chi connectivity index (χ0v) is 73.0. The lowest BCUT2D eigenvalue weighted by Crippen LogP contribution is -2.11. The van der Waals surface area contributed by atoms with E-state index < -0.39 is 0 Å². The lowest BCUT2D eigenvalue weighted by Gasteiger charge is -2.28. The van der Waals surface area contributed by atoms with Gasteiger partial charge in [-0.1, -0.05) is 255 Å². The second-order valence-corrected chi connectivity index (χ2v) is 33.9. The van der Waals surface area contributed by atoms with Gasteiger partial charge in [0.05, 0.1) is 23.8 Å². The topological polar surface area (TPSA) is 71.0 Å². The zero-order chi connectivity index (χ0) is 88.8. The normalized spacial score (nSPS) is 11.4. The third-order valence-corrected chi connectivity index (χ3v) is 25.7. The minimum atomic E-state index is 0.886. The first-order valence-corrected chi connectivity index (χ1v) is 45.3. The molecule has 4 aromatic heterocycles. The Morgan fingerprint density at radius 2 is 0.313 bits per heavy atom. The standard InChI is InChI=1S/C48H32N2.2C38H26N4/c1-3-15-41(16-4-1)49(43-25-23-33-11-7-9-13-35(33)27-43)45-29-37-19-21-39-31-46(32-40-22-20-38(30-45)47(37)48(39)40)50(42-17-5-2-6-18-42)44-26-24-34-12-8-10-14-36(34)28-44;1-3-11-31(12-4-1)41(35-15-7-9-21-39-35)33-23-27-17-19-29-25-34(26-30-20-18-28(24-33)37(27)38(29)30)42(32-13-5-2-6-14-32)36-16-8-10-22-40-36;1-3-9-31(10-4-1)41(33-13-7-19-39-25-33)35-21-27-15-17-29-23-36(24-30-18-16-28(22-35)37(27)38(29)30)42(32-11-5-2-6-12-32)34-14-8-20-40-26-34/h1-32H;2*1-26H. The van der Waals surface area contributed by atoms with Crippen LogP contribution >= 0.6 is 0 Å². The Balaban J connectivity index is 0.000000111. The highest BCUT2D eigenvalue weighted by atomic mass is 15.2. The molecule has 630 valence electrons. The summed E-state index contributed by atoms with van der Waals surface area (Å²) in [6.45, 7) is 0. The lowest BCUT2D eigenvalue weighted by atomic mass is 9.92. The molecule has 0 bridgehead atoms. The molecule has 0 amide bonds. The molecular formula is C124H84N10. The van der Waals surface area contributed by atoms with Crippen molar-refractivity contribution in [2.75, 3.05) is 29.4 Å². The van der Waals surface area contributed by atoms with E-state index in [0.29, 0.717) is 0 Å². The van der Waals surface area contributed by atoms with Crippen LogP contribution in [0.15, 0.2) is 510 Å². The highest BCUT2D eigenvalue weighted by Crippen LogP contribution is 2.50. The molecule has 0 radical (unpaired) electrons. The van der Waals surface area contributed by atoms with Gasteiger partial charge in [0.2, 0.25) is 0 Å². The number of aromatic nitrogens is 4. The van der Waals surface area contributed by atoms with E-state index in [1.165, 1.54) is 118 Å². The molecule has 22 aromatic carbocycles. The second kappa shape index (κ2) is 34.5. The number of hydrogen-bond acceptors (Lipinski definition) is 10. The maximum atomic E-state index is 4.70. The first kappa shape index (κ1) is 79.3. The van der Waals surface area contributed by atoms with Crippen molar-refractivity contribution < 1.29 is 0 Å². The lowest BCUT2D eigenvalue weighted by molar-refractivity contribution is 1.18. The molecule has 26 aromatic rings. The van der Waals surface area contributed by atoms with Gasteiger partial charge in [-0.25, -0.2) is 9.97 Å². The van der Waals surface area contributed by atoms with Gasteiger partial charge >= 0.3 is 0 Å². The Hall–Kier alpha value is -18.1. The van der Waals surface area contributed by atoms with Crippen molar-refractivity contribution in [2.45, 2.75) is 0 Å². The number of rotatable bonds is 18. The van der Waals surface area contributed by atoms with Crippen LogP contribution in [0.25, 0.3) is 118 Å². The van der Waals surface area contributed by atoms with Crippen molar-refractivity contribution in [3.8, 4) is 0 Å². The van der Waals surface area contributed by atoms with Gasteiger partial charge in [0.1, 0.15) is 11.6 Å². The number of fused-ring (bicyclic) bond motifs is 2. The Morgan fingerprint density at radius 1 is 0.119 bits per heavy atom. The van der Waals surface area contributed by atoms with Crippen LogP contribution in [0.4, 0.5) is 103 Å². The van der Waals surface area contributed by atoms with Gasteiger partial charge in [-0.3, -0.25) is 19.8 Å². The molecule has 0 saturated carbocycles. The van der Waals surface area contributed by atoms with Gasteiger partial charge in [0.25, 0.3) is 0 Å². The fraction of sp³-hybridized carbons (Fsp3) is 0. The molecule has 26 rings (SSSR count). The summed E-state index contributed by atoms with van der Waals surface area (Å²) in [5.41, 5.74) is 17.6. The Labute approximate surface area is 775 Å². The summed E-state index contributed by atoms with van der Waals surface area (Å²) in [5, 5.41) is 27.3. The molecule has 10 nitrogen and oxygen atoms in total. The number of nitrogens with zero attached hydrogens (tertiary/aromatic N) is 10. The van der Waals surface area contributed by atoms with Crippen LogP contribution < -0.4 is 29.4 Å². The fourth-order valence-electron chi connectivity index (χ4n) is 19.8. The molecule has 0 aliphatic heterocycles. The summed E-state index contributed by atoms with van der Waals surface area (Å²) in [5.74, 6) is 1.77. The van der Waals surface area contributed by atoms with Crippen molar-refractivity contribution in [1.29, 1.82) is 0 Å². The first-order chi connectivity index (χ1) is 66.4. The SMILES string of the molecule is c1ccc(N(c2cc3ccc4cc(N(c5ccccc5)c5ccccn5)cc5ccc(c2)c3c45)c2ccccn2)cc1.c1ccc(N(c2ccc3ccccc3c2)c2cc3ccc4cc(N(c5ccccc5)c5ccc6ccccc6c5)cc5ccc(c2)c3c45)cc1.c1ccc(N(c2cccnc2)c2cc3ccc4cc(N(c5ccccc5)c5cccnc5)cc5ccc(c2)c3c45)cc1. The van der Waals surface area contributed by atoms with Crippen molar-refractivity contribution >= 4 is 221 Å². The predicted octanol–water partition coefficient (Wildman–Crippen LogP) is 34.5. The number of pyridine rings is 4. The van der Waals surface area contributed by atoms with Crippen LogP contribution in [0, 0.1) is 0 Å². The summed E-state index contributed by atoms with van der Waals surface area (Å²) < 4.78 is 0. The fourth-order valence-corrected chi connectivity index (χ4v) is 19.8. The predicted molar refractivity (Wildman–Crippen MR) is 565 cm³/mol. The molecule has 0 unspecified atom stereocenters. The van der Waals surface area contributed by atoms with E-state index in [9.17, 15) is 0 Å². The number of anilines is 18. The van der Waals surface area contributed by atoms with Crippen LogP contribution in [0.2, 0.25) is 0 Å². The average molecular weight is 1710 g/mol. The van der Waals surface area contributed by atoms with Crippen LogP contribution in [0.1, 0.15) is 0 Å². The maximum absolute atomic E-state index is 4.70. The minimum absolute atomic E-state index is 0.886. The Kier molecular flexibility index (Phi) is 20.4. The van der Waals surface area contributed by atoms with Crippen molar-refractivity contribution in [3.05, 3.63) is 510 Å². The van der Waals surface area contributed by atoms with E-state index in [2.05, 4.69) is 452 Å². The summed E-state index contributed by atoms with van der Waals surface area (Å²) >= 11 is 0. The van der Waals surface area contributed by atoms with E-state index in [-0.39, 0.29) is 0 Å². The van der Waals surface area contributed by atoms with E-state index in [1.807, 2.05) is 97.8 Å². The van der Waals surface area contributed by atoms with Gasteiger partial charge < -0.3 is 19.6 Å². The summed E-state index contributed by atoms with van der Waals surface area (Å²) in [6.07, 6.45) is 11.1. The van der Waals surface area contributed by atoms with Gasteiger partial charge in [-0.05, 0) is 337 Å². The summed E-state index contributed by atoms with van der Waals surface area (Å²) in [7, 11) is 0. The third kappa shape index (κ3) is 14.9. The molecule has 134 heavy (non-hydrogen) atoms. The smallest absolute Gasteiger partial charge is 0.137 e. The maximum Gasteiger partial charge on any atom is 0.137 e. The van der Waals surface area contributed by atoms with Crippen LogP contribution in [0.5, 0.6) is 0 Å². The summed E-state index contributed by atoms with van der Waals surface area (Å²) in [4.78, 5) is 32.0. The molecule has 0 spiro atoms. The third-order valence-electron chi connectivity index (χ3n) is 25.7. The van der Waals surface area contributed by atoms with E-state index in [1.54, 1.807) is 0 Å². The van der Waals surface area contributed by atoms with Crippen molar-refractivity contribution in [1.82, 2.24) is 19.9 Å². The van der Waals surface area contributed by atoms with E-state index in [4.69, 9.17) is 9.97 Å². The number of hydrogen-bond donors (Lipinski definition) is 0. The molecule has 0 saturated heterocycles. The van der Waals surface area contributed by atoms with Gasteiger partial charge in [0.15, 0.2) is 0 Å². The molecule has 10 heteroatoms. The molecular weight excluding hydrogens is 1630 g/mol. The second-order valence-electron chi connectivity index (χ2n) is 33.9. The first-order valence-electron chi connectivity index (χ1n) is 45.3. The number of benzene rings is 22. The monoisotopic (exact) mass is 1710 g/mol. The van der Waals surface area contributed by atoms with Crippen LogP contribution in [-0.4, -0.2) is 19.9 Å². The molecule has 0 N–H and O–H groups in total. The van der Waals surface area contributed by atoms with Crippen molar-refractivity contribution in [2.24, 2.45) is 0 Å². The van der Waals surface area contributed by atoms with E-state index in [0.717, 1.165) is 103 Å². The average Bonchev–Trinajstić information content (AvgIpc) is 0.735.